The topological polar surface area (TPSA) is 29.5 Å². The molecule has 0 aliphatic heterocycles. The molecule has 0 fully saturated rings. The molecule has 1 rings (SSSR count). The molecule has 0 radical (unpaired) electrons. The summed E-state index contributed by atoms with van der Waals surface area (Å²) >= 11 is 0. The van der Waals surface area contributed by atoms with Gasteiger partial charge in [0, 0.05) is 5.92 Å². The van der Waals surface area contributed by atoms with Gasteiger partial charge in [0.15, 0.2) is 0 Å². The predicted octanol–water partition coefficient (Wildman–Crippen LogP) is 3.83. The van der Waals surface area contributed by atoms with Gasteiger partial charge in [0.05, 0.1) is 12.2 Å². The first-order chi connectivity index (χ1) is 8.75. The zero-order valence-corrected chi connectivity index (χ0v) is 11.9. The van der Waals surface area contributed by atoms with Crippen LogP contribution in [0.2, 0.25) is 0 Å². The van der Waals surface area contributed by atoms with E-state index in [2.05, 4.69) is 0 Å². The number of rotatable bonds is 6. The summed E-state index contributed by atoms with van der Waals surface area (Å²) in [4.78, 5) is 0. The van der Waals surface area contributed by atoms with Gasteiger partial charge in [-0.1, -0.05) is 32.9 Å². The van der Waals surface area contributed by atoms with Crippen molar-refractivity contribution in [1.82, 2.24) is 0 Å². The van der Waals surface area contributed by atoms with Crippen molar-refractivity contribution in [3.8, 4) is 5.75 Å². The summed E-state index contributed by atoms with van der Waals surface area (Å²) in [6.07, 6.45) is -2.56. The Bertz CT molecular complexity index is 386. The van der Waals surface area contributed by atoms with Crippen LogP contribution in [0.25, 0.3) is 0 Å². The number of hydrogen-bond acceptors (Lipinski definition) is 2. The second kappa shape index (κ2) is 6.33. The van der Waals surface area contributed by atoms with E-state index in [1.807, 2.05) is 13.8 Å². The Morgan fingerprint density at radius 3 is 2.11 bits per heavy atom. The molecule has 108 valence electrons. The molecule has 0 aromatic heterocycles. The third kappa shape index (κ3) is 4.16. The van der Waals surface area contributed by atoms with E-state index in [-0.39, 0.29) is 0 Å². The van der Waals surface area contributed by atoms with E-state index in [0.717, 1.165) is 0 Å². The number of alkyl halides is 2. The molecule has 0 amide bonds. The van der Waals surface area contributed by atoms with Crippen molar-refractivity contribution in [2.24, 2.45) is 11.8 Å². The molecule has 0 bridgehead atoms. The van der Waals surface area contributed by atoms with E-state index in [1.54, 1.807) is 24.3 Å². The summed E-state index contributed by atoms with van der Waals surface area (Å²) in [7, 11) is 0. The van der Waals surface area contributed by atoms with Gasteiger partial charge in [0.2, 0.25) is 6.43 Å². The molecule has 1 aromatic carbocycles. The standard InChI is InChI=1S/C15H22F2O2/c1-10(2)9-19-13-7-5-12(6-8-13)15(4,18)11(3)14(16)17/h5-8,10-11,14,18H,9H2,1-4H3. The zero-order chi connectivity index (χ0) is 14.6. The molecule has 0 heterocycles. The van der Waals surface area contributed by atoms with Crippen LogP contribution in [0.5, 0.6) is 5.75 Å². The Balaban J connectivity index is 2.80. The third-order valence-electron chi connectivity index (χ3n) is 3.29. The molecule has 2 unspecified atom stereocenters. The van der Waals surface area contributed by atoms with Gasteiger partial charge in [-0.05, 0) is 30.5 Å². The number of aliphatic hydroxyl groups is 1. The third-order valence-corrected chi connectivity index (χ3v) is 3.29. The first-order valence-electron chi connectivity index (χ1n) is 6.49. The lowest BCUT2D eigenvalue weighted by Crippen LogP contribution is -2.34. The van der Waals surface area contributed by atoms with Crippen molar-refractivity contribution in [1.29, 1.82) is 0 Å². The van der Waals surface area contributed by atoms with Crippen molar-refractivity contribution < 1.29 is 18.6 Å². The largest absolute Gasteiger partial charge is 0.493 e. The van der Waals surface area contributed by atoms with Crippen molar-refractivity contribution in [2.45, 2.75) is 39.7 Å². The Labute approximate surface area is 113 Å². The zero-order valence-electron chi connectivity index (χ0n) is 11.9. The van der Waals surface area contributed by atoms with Gasteiger partial charge >= 0.3 is 0 Å². The summed E-state index contributed by atoms with van der Waals surface area (Å²) in [6.45, 7) is 7.44. The first kappa shape index (κ1) is 15.9. The quantitative estimate of drug-likeness (QED) is 0.852. The number of ether oxygens (including phenoxy) is 1. The van der Waals surface area contributed by atoms with Crippen molar-refractivity contribution in [3.05, 3.63) is 29.8 Å². The second-order valence-electron chi connectivity index (χ2n) is 5.50. The number of benzene rings is 1. The number of halogens is 2. The maximum absolute atomic E-state index is 12.7. The molecule has 1 N–H and O–H groups in total. The highest BCUT2D eigenvalue weighted by molar-refractivity contribution is 5.31. The van der Waals surface area contributed by atoms with Gasteiger partial charge in [-0.3, -0.25) is 0 Å². The van der Waals surface area contributed by atoms with Crippen LogP contribution in [0.15, 0.2) is 24.3 Å². The highest BCUT2D eigenvalue weighted by atomic mass is 19.3. The molecule has 4 heteroatoms. The normalized spacial score (nSPS) is 16.5. The fourth-order valence-corrected chi connectivity index (χ4v) is 1.66. The Morgan fingerprint density at radius 2 is 1.68 bits per heavy atom. The minimum Gasteiger partial charge on any atom is -0.493 e. The van der Waals surface area contributed by atoms with Crippen LogP contribution in [0.4, 0.5) is 8.78 Å². The van der Waals surface area contributed by atoms with E-state index in [4.69, 9.17) is 4.74 Å². The fourth-order valence-electron chi connectivity index (χ4n) is 1.66. The fraction of sp³-hybridized carbons (Fsp3) is 0.600. The minimum absolute atomic E-state index is 0.418. The maximum atomic E-state index is 12.7. The lowest BCUT2D eigenvalue weighted by Gasteiger charge is -2.30. The average Bonchev–Trinajstić information content (AvgIpc) is 2.35. The van der Waals surface area contributed by atoms with Crippen LogP contribution in [0.3, 0.4) is 0 Å². The second-order valence-corrected chi connectivity index (χ2v) is 5.50. The Kier molecular flexibility index (Phi) is 5.29. The van der Waals surface area contributed by atoms with Crippen LogP contribution in [-0.2, 0) is 5.60 Å². The van der Waals surface area contributed by atoms with E-state index >= 15 is 0 Å². The highest BCUT2D eigenvalue weighted by Crippen LogP contribution is 2.33. The molecule has 0 saturated heterocycles. The van der Waals surface area contributed by atoms with Crippen molar-refractivity contribution >= 4 is 0 Å². The first-order valence-corrected chi connectivity index (χ1v) is 6.49. The van der Waals surface area contributed by atoms with Gasteiger partial charge in [-0.25, -0.2) is 8.78 Å². The van der Waals surface area contributed by atoms with Gasteiger partial charge < -0.3 is 9.84 Å². The monoisotopic (exact) mass is 272 g/mol. The van der Waals surface area contributed by atoms with Crippen LogP contribution in [0.1, 0.15) is 33.3 Å². The van der Waals surface area contributed by atoms with Crippen LogP contribution in [0, 0.1) is 11.8 Å². The van der Waals surface area contributed by atoms with Gasteiger partial charge in [-0.15, -0.1) is 0 Å². The van der Waals surface area contributed by atoms with Crippen LogP contribution in [-0.4, -0.2) is 18.1 Å². The average molecular weight is 272 g/mol. The van der Waals surface area contributed by atoms with E-state index in [9.17, 15) is 13.9 Å². The molecule has 2 atom stereocenters. The summed E-state index contributed by atoms with van der Waals surface area (Å²) < 4.78 is 30.9. The van der Waals surface area contributed by atoms with E-state index < -0.39 is 17.9 Å². The smallest absolute Gasteiger partial charge is 0.244 e. The Morgan fingerprint density at radius 1 is 1.16 bits per heavy atom. The van der Waals surface area contributed by atoms with Gasteiger partial charge in [0.1, 0.15) is 5.75 Å². The van der Waals surface area contributed by atoms with Crippen LogP contribution >= 0.6 is 0 Å². The van der Waals surface area contributed by atoms with E-state index in [0.29, 0.717) is 23.8 Å². The molecule has 0 aliphatic rings. The molecule has 0 spiro atoms. The maximum Gasteiger partial charge on any atom is 0.244 e. The van der Waals surface area contributed by atoms with Gasteiger partial charge in [-0.2, -0.15) is 0 Å². The molecule has 0 saturated carbocycles. The van der Waals surface area contributed by atoms with Crippen molar-refractivity contribution in [3.63, 3.8) is 0 Å². The predicted molar refractivity (Wildman–Crippen MR) is 71.5 cm³/mol. The van der Waals surface area contributed by atoms with Crippen LogP contribution < -0.4 is 4.74 Å². The van der Waals surface area contributed by atoms with Gasteiger partial charge in [0.25, 0.3) is 0 Å². The summed E-state index contributed by atoms with van der Waals surface area (Å²) in [5.74, 6) is -0.0328. The molecule has 1 aromatic rings. The lowest BCUT2D eigenvalue weighted by atomic mass is 9.84. The molecular formula is C15H22F2O2. The highest BCUT2D eigenvalue weighted by Gasteiger charge is 2.36. The number of hydrogen-bond donors (Lipinski definition) is 1. The summed E-state index contributed by atoms with van der Waals surface area (Å²) in [5, 5.41) is 10.2. The molecule has 19 heavy (non-hydrogen) atoms. The molecular weight excluding hydrogens is 250 g/mol. The SMILES string of the molecule is CC(C)COc1ccc(C(C)(O)C(C)C(F)F)cc1. The van der Waals surface area contributed by atoms with Crippen molar-refractivity contribution in [2.75, 3.05) is 6.61 Å². The summed E-state index contributed by atoms with van der Waals surface area (Å²) in [5.41, 5.74) is -1.08. The molecule has 0 aliphatic carbocycles. The van der Waals surface area contributed by atoms with E-state index in [1.165, 1.54) is 13.8 Å². The minimum atomic E-state index is -2.56. The summed E-state index contributed by atoms with van der Waals surface area (Å²) in [6, 6.07) is 6.66. The molecule has 2 nitrogen and oxygen atoms in total. The lowest BCUT2D eigenvalue weighted by molar-refractivity contribution is -0.0696. The Hall–Kier alpha value is -1.16.